The van der Waals surface area contributed by atoms with Crippen molar-refractivity contribution in [2.75, 3.05) is 0 Å². The molecule has 0 saturated heterocycles. The van der Waals surface area contributed by atoms with Gasteiger partial charge in [-0.15, -0.1) is 0 Å². The van der Waals surface area contributed by atoms with Crippen LogP contribution in [-0.2, 0) is 11.2 Å². The average molecular weight is 482 g/mol. The zero-order chi connectivity index (χ0) is 25.9. The Morgan fingerprint density at radius 2 is 1.75 bits per heavy atom. The number of hydrogen-bond donors (Lipinski definition) is 0. The highest BCUT2D eigenvalue weighted by Crippen LogP contribution is 2.53. The van der Waals surface area contributed by atoms with Gasteiger partial charge >= 0.3 is 0 Å². The molecule has 4 atom stereocenters. The Morgan fingerprint density at radius 1 is 1.00 bits per heavy atom. The molecule has 2 heteroatoms. The second-order valence-electron chi connectivity index (χ2n) is 12.2. The Bertz CT molecular complexity index is 1280. The van der Waals surface area contributed by atoms with E-state index >= 15 is 0 Å². The fourth-order valence-electron chi connectivity index (χ4n) is 7.34. The van der Waals surface area contributed by atoms with Crippen LogP contribution in [0.2, 0.25) is 0 Å². The van der Waals surface area contributed by atoms with Gasteiger partial charge in [0.25, 0.3) is 0 Å². The minimum absolute atomic E-state index is 0.0388. The summed E-state index contributed by atoms with van der Waals surface area (Å²) in [7, 11) is 0. The maximum absolute atomic E-state index is 13.8. The molecule has 1 saturated carbocycles. The van der Waals surface area contributed by atoms with Gasteiger partial charge in [0, 0.05) is 11.1 Å². The van der Waals surface area contributed by atoms with Gasteiger partial charge in [-0.1, -0.05) is 75.8 Å². The topological polar surface area (TPSA) is 40.1 Å². The Labute approximate surface area is 217 Å². The summed E-state index contributed by atoms with van der Waals surface area (Å²) in [5.74, 6) is 2.55. The van der Waals surface area contributed by atoms with Crippen LogP contribution in [0.5, 0.6) is 0 Å². The first-order chi connectivity index (χ1) is 17.1. The van der Waals surface area contributed by atoms with E-state index in [0.29, 0.717) is 40.7 Å². The van der Waals surface area contributed by atoms with Crippen LogP contribution in [0.25, 0.3) is 16.7 Å². The molecular weight excluding hydrogens is 440 g/mol. The van der Waals surface area contributed by atoms with E-state index in [2.05, 4.69) is 78.8 Å². The van der Waals surface area contributed by atoms with Crippen molar-refractivity contribution in [3.63, 3.8) is 0 Å². The average Bonchev–Trinajstić information content (AvgIpc) is 3.13. The first kappa shape index (κ1) is 25.1. The molecule has 0 radical (unpaired) electrons. The highest BCUT2D eigenvalue weighted by molar-refractivity contribution is 6.40. The smallest absolute Gasteiger partial charge is 0.192 e. The maximum Gasteiger partial charge on any atom is 0.192 e. The lowest BCUT2D eigenvalue weighted by atomic mass is 9.72. The SMILES string of the molecule is CCCc1ccc(C)c2c(C3=C([O-])/C(=C4\C=C(C)C5CC(C(C)C)CCC(C)C45)C3=O)cc(C)c-2c1. The molecule has 0 aromatic carbocycles. The number of fused-ring (bicyclic) bond motifs is 2. The number of aryl methyl sites for hydroxylation is 3. The van der Waals surface area contributed by atoms with E-state index in [9.17, 15) is 9.90 Å². The van der Waals surface area contributed by atoms with Crippen molar-refractivity contribution in [2.24, 2.45) is 29.6 Å². The van der Waals surface area contributed by atoms with E-state index in [1.807, 2.05) is 0 Å². The second kappa shape index (κ2) is 9.36. The van der Waals surface area contributed by atoms with Crippen LogP contribution < -0.4 is 5.11 Å². The molecule has 36 heavy (non-hydrogen) atoms. The normalized spacial score (nSPS) is 28.4. The molecule has 0 N–H and O–H groups in total. The van der Waals surface area contributed by atoms with Crippen LogP contribution in [0.1, 0.15) is 82.6 Å². The van der Waals surface area contributed by atoms with Crippen LogP contribution >= 0.6 is 0 Å². The highest BCUT2D eigenvalue weighted by Gasteiger charge is 2.43. The van der Waals surface area contributed by atoms with Gasteiger partial charge in [-0.3, -0.25) is 4.79 Å². The van der Waals surface area contributed by atoms with Crippen LogP contribution in [0.4, 0.5) is 0 Å². The van der Waals surface area contributed by atoms with Gasteiger partial charge in [0.1, 0.15) is 0 Å². The summed E-state index contributed by atoms with van der Waals surface area (Å²) < 4.78 is 0. The highest BCUT2D eigenvalue weighted by atomic mass is 16.3. The summed E-state index contributed by atoms with van der Waals surface area (Å²) in [5.41, 5.74) is 9.90. The Kier molecular flexibility index (Phi) is 6.52. The zero-order valence-corrected chi connectivity index (χ0v) is 23.1. The lowest BCUT2D eigenvalue weighted by Crippen LogP contribution is -2.32. The lowest BCUT2D eigenvalue weighted by Gasteiger charge is -2.35. The fraction of sp³-hybridized carbons (Fsp3) is 0.500. The van der Waals surface area contributed by atoms with Crippen molar-refractivity contribution in [1.29, 1.82) is 0 Å². The summed E-state index contributed by atoms with van der Waals surface area (Å²) in [6, 6.07) is 8.66. The summed E-state index contributed by atoms with van der Waals surface area (Å²) in [4.78, 5) is 13.8. The largest absolute Gasteiger partial charge is 0.871 e. The molecule has 0 amide bonds. The molecule has 2 nitrogen and oxygen atoms in total. The van der Waals surface area contributed by atoms with E-state index in [-0.39, 0.29) is 11.5 Å². The number of ketones is 1. The third kappa shape index (κ3) is 3.88. The summed E-state index contributed by atoms with van der Waals surface area (Å²) >= 11 is 0. The molecule has 0 heterocycles. The molecular formula is C34H41O2-. The van der Waals surface area contributed by atoms with E-state index in [1.165, 1.54) is 36.0 Å². The molecule has 0 bridgehead atoms. The molecule has 0 aliphatic heterocycles. The number of rotatable bonds is 4. The van der Waals surface area contributed by atoms with E-state index < -0.39 is 0 Å². The first-order valence-electron chi connectivity index (χ1n) is 14.1. The predicted octanol–water partition coefficient (Wildman–Crippen LogP) is 7.60. The minimum atomic E-state index is -0.0388. The number of hydrogen-bond acceptors (Lipinski definition) is 2. The van der Waals surface area contributed by atoms with Gasteiger partial charge in [-0.05, 0) is 115 Å². The molecule has 5 aliphatic carbocycles. The van der Waals surface area contributed by atoms with E-state index in [1.54, 1.807) is 0 Å². The predicted molar refractivity (Wildman–Crippen MR) is 148 cm³/mol. The molecule has 0 aromatic rings. The third-order valence-electron chi connectivity index (χ3n) is 9.47. The van der Waals surface area contributed by atoms with Crippen LogP contribution in [0, 0.1) is 43.4 Å². The van der Waals surface area contributed by atoms with Gasteiger partial charge in [0.2, 0.25) is 0 Å². The Hall–Kier alpha value is -2.61. The quantitative estimate of drug-likeness (QED) is 0.422. The number of carbonyl (C=O) groups excluding carboxylic acids is 1. The first-order valence-corrected chi connectivity index (χ1v) is 14.1. The second-order valence-corrected chi connectivity index (χ2v) is 12.2. The standard InChI is InChI=1S/C34H42O2/c1-8-9-23-12-10-19(4)29-25(16-23)21(6)14-27(29)31-33(35)32(34(31)36)28-15-22(7)26-17-24(18(2)3)13-11-20(5)30(26)28/h10,12,14-16,18,20,24,26,30,35H,8-9,11,13,17H2,1-7H3/p-1/b32-28-. The van der Waals surface area contributed by atoms with Crippen molar-refractivity contribution < 1.29 is 9.90 Å². The molecule has 5 aliphatic rings. The summed E-state index contributed by atoms with van der Waals surface area (Å²) in [6.45, 7) is 15.6. The number of Topliss-reactive ketones (excluding diaryl/α,β-unsaturated/α-hetero) is 1. The third-order valence-corrected chi connectivity index (χ3v) is 9.47. The van der Waals surface area contributed by atoms with Gasteiger partial charge in [0.15, 0.2) is 5.78 Å². The molecule has 5 rings (SSSR count). The minimum Gasteiger partial charge on any atom is -0.871 e. The Balaban J connectivity index is 1.59. The van der Waals surface area contributed by atoms with Gasteiger partial charge < -0.3 is 5.11 Å². The maximum atomic E-state index is 13.8. The van der Waals surface area contributed by atoms with E-state index in [4.69, 9.17) is 0 Å². The van der Waals surface area contributed by atoms with E-state index in [0.717, 1.165) is 40.7 Å². The van der Waals surface area contributed by atoms with Crippen molar-refractivity contribution in [1.82, 2.24) is 0 Å². The summed E-state index contributed by atoms with van der Waals surface area (Å²) in [6.07, 6.45) is 7.91. The van der Waals surface area contributed by atoms with Crippen molar-refractivity contribution >= 4 is 11.4 Å². The van der Waals surface area contributed by atoms with Crippen molar-refractivity contribution in [2.45, 2.75) is 80.6 Å². The molecule has 4 unspecified atom stereocenters. The van der Waals surface area contributed by atoms with Crippen LogP contribution in [-0.4, -0.2) is 5.78 Å². The van der Waals surface area contributed by atoms with Gasteiger partial charge in [-0.25, -0.2) is 0 Å². The molecule has 0 spiro atoms. The Morgan fingerprint density at radius 3 is 2.42 bits per heavy atom. The lowest BCUT2D eigenvalue weighted by molar-refractivity contribution is -0.297. The monoisotopic (exact) mass is 481 g/mol. The zero-order valence-electron chi connectivity index (χ0n) is 23.1. The van der Waals surface area contributed by atoms with Gasteiger partial charge in [-0.2, -0.15) is 0 Å². The summed E-state index contributed by atoms with van der Waals surface area (Å²) in [5, 5.41) is 13.8. The van der Waals surface area contributed by atoms with Crippen LogP contribution in [0.3, 0.4) is 0 Å². The van der Waals surface area contributed by atoms with Gasteiger partial charge in [0.05, 0.1) is 0 Å². The molecule has 0 aromatic heterocycles. The molecule has 190 valence electrons. The van der Waals surface area contributed by atoms with Crippen molar-refractivity contribution in [3.05, 3.63) is 75.1 Å². The number of allylic oxidation sites excluding steroid dienone is 5. The fourth-order valence-corrected chi connectivity index (χ4v) is 7.34. The number of carbonyl (C=O) groups is 1. The van der Waals surface area contributed by atoms with Crippen LogP contribution in [0.15, 0.2) is 52.8 Å². The molecule has 1 fully saturated rings. The van der Waals surface area contributed by atoms with Crippen molar-refractivity contribution in [3.8, 4) is 11.1 Å².